The number of carbonyl (C=O) groups is 3. The molecule has 35 heavy (non-hydrogen) atoms. The first-order chi connectivity index (χ1) is 16.6. The van der Waals surface area contributed by atoms with E-state index >= 15 is 0 Å². The van der Waals surface area contributed by atoms with Gasteiger partial charge in [0.25, 0.3) is 5.69 Å². The molecule has 10 nitrogen and oxygen atoms in total. The van der Waals surface area contributed by atoms with Crippen LogP contribution in [0, 0.1) is 24.0 Å². The van der Waals surface area contributed by atoms with Gasteiger partial charge in [-0.1, -0.05) is 17.7 Å². The van der Waals surface area contributed by atoms with Crippen molar-refractivity contribution in [2.45, 2.75) is 20.8 Å². The van der Waals surface area contributed by atoms with Crippen LogP contribution in [-0.2, 0) is 9.59 Å². The number of rotatable bonds is 6. The molecule has 0 radical (unpaired) electrons. The van der Waals surface area contributed by atoms with E-state index in [2.05, 4.69) is 15.8 Å². The number of esters is 1. The number of ether oxygens (including phenoxy) is 1. The van der Waals surface area contributed by atoms with Gasteiger partial charge < -0.3 is 10.1 Å². The van der Waals surface area contributed by atoms with E-state index in [1.165, 1.54) is 36.4 Å². The minimum Gasteiger partial charge on any atom is -0.423 e. The van der Waals surface area contributed by atoms with Gasteiger partial charge in [-0.15, -0.1) is 0 Å². The Morgan fingerprint density at radius 2 is 1.51 bits per heavy atom. The Bertz CT molecular complexity index is 1310. The molecule has 2 N–H and O–H groups in total. The zero-order valence-corrected chi connectivity index (χ0v) is 19.2. The summed E-state index contributed by atoms with van der Waals surface area (Å²) in [5, 5.41) is 17.2. The zero-order valence-electron chi connectivity index (χ0n) is 19.2. The highest BCUT2D eigenvalue weighted by atomic mass is 16.6. The first-order valence-corrected chi connectivity index (χ1v) is 10.4. The first kappa shape index (κ1) is 24.8. The number of aryl methyl sites for hydroxylation is 2. The number of hydrogen-bond acceptors (Lipinski definition) is 7. The molecule has 3 aromatic rings. The number of anilines is 1. The average molecular weight is 474 g/mol. The van der Waals surface area contributed by atoms with E-state index in [1.807, 2.05) is 26.0 Å². The summed E-state index contributed by atoms with van der Waals surface area (Å²) in [7, 11) is 0. The molecule has 0 unspecified atom stereocenters. The summed E-state index contributed by atoms with van der Waals surface area (Å²) >= 11 is 0. The molecule has 0 aliphatic heterocycles. The highest BCUT2D eigenvalue weighted by Crippen LogP contribution is 2.18. The van der Waals surface area contributed by atoms with Gasteiger partial charge in [0.2, 0.25) is 0 Å². The maximum absolute atomic E-state index is 12.2. The first-order valence-electron chi connectivity index (χ1n) is 10.4. The predicted molar refractivity (Wildman–Crippen MR) is 129 cm³/mol. The molecular weight excluding hydrogens is 452 g/mol. The minimum atomic E-state index is -0.919. The molecule has 0 spiro atoms. The van der Waals surface area contributed by atoms with Crippen molar-refractivity contribution >= 4 is 34.9 Å². The van der Waals surface area contributed by atoms with Crippen molar-refractivity contribution in [3.8, 4) is 5.75 Å². The average Bonchev–Trinajstić information content (AvgIpc) is 2.84. The number of nitro benzene ring substituents is 1. The molecule has 0 fully saturated rings. The summed E-state index contributed by atoms with van der Waals surface area (Å²) in [6.45, 7) is 5.40. The van der Waals surface area contributed by atoms with Crippen LogP contribution in [0.25, 0.3) is 0 Å². The molecule has 178 valence electrons. The lowest BCUT2D eigenvalue weighted by atomic mass is 10.1. The normalized spacial score (nSPS) is 10.9. The number of benzene rings is 3. The lowest BCUT2D eigenvalue weighted by molar-refractivity contribution is -0.384. The maximum atomic E-state index is 12.2. The van der Waals surface area contributed by atoms with Crippen LogP contribution in [0.4, 0.5) is 11.4 Å². The van der Waals surface area contributed by atoms with Crippen LogP contribution in [0.1, 0.15) is 34.0 Å². The van der Waals surface area contributed by atoms with Gasteiger partial charge in [0, 0.05) is 17.8 Å². The van der Waals surface area contributed by atoms with Gasteiger partial charge in [-0.05, 0) is 74.4 Å². The molecule has 0 heterocycles. The topological polar surface area (TPSA) is 140 Å². The molecule has 0 saturated heterocycles. The Morgan fingerprint density at radius 3 is 2.11 bits per heavy atom. The van der Waals surface area contributed by atoms with Gasteiger partial charge in [-0.3, -0.25) is 19.7 Å². The quantitative estimate of drug-likeness (QED) is 0.139. The second kappa shape index (κ2) is 10.8. The Labute approximate surface area is 200 Å². The standard InChI is InChI=1S/C25H22N4O6/c1-15-4-13-22(16(2)14-15)26-23(30)24(31)28-27-17(3)18-7-11-21(12-8-18)35-25(32)19-5-9-20(10-6-19)29(33)34/h4-14H,1-3H3,(H,26,30)(H,28,31)/b27-17+. The monoisotopic (exact) mass is 474 g/mol. The lowest BCUT2D eigenvalue weighted by Gasteiger charge is -2.08. The van der Waals surface area contributed by atoms with Crippen LogP contribution in [0.5, 0.6) is 5.75 Å². The maximum Gasteiger partial charge on any atom is 0.343 e. The highest BCUT2D eigenvalue weighted by molar-refractivity contribution is 6.39. The fourth-order valence-electron chi connectivity index (χ4n) is 3.03. The summed E-state index contributed by atoms with van der Waals surface area (Å²) in [4.78, 5) is 46.6. The number of hydrogen-bond donors (Lipinski definition) is 2. The second-order valence-corrected chi connectivity index (χ2v) is 7.63. The molecule has 0 aliphatic rings. The Morgan fingerprint density at radius 1 is 0.886 bits per heavy atom. The van der Waals surface area contributed by atoms with Crippen LogP contribution in [0.2, 0.25) is 0 Å². The lowest BCUT2D eigenvalue weighted by Crippen LogP contribution is -2.33. The third-order valence-electron chi connectivity index (χ3n) is 4.96. The van der Waals surface area contributed by atoms with Crippen molar-refractivity contribution in [1.82, 2.24) is 5.43 Å². The Balaban J connectivity index is 1.57. The van der Waals surface area contributed by atoms with Crippen LogP contribution >= 0.6 is 0 Å². The molecule has 3 rings (SSSR count). The summed E-state index contributed by atoms with van der Waals surface area (Å²) in [6, 6.07) is 16.8. The van der Waals surface area contributed by atoms with Crippen LogP contribution < -0.4 is 15.5 Å². The van der Waals surface area contributed by atoms with Crippen LogP contribution in [-0.4, -0.2) is 28.4 Å². The fourth-order valence-corrected chi connectivity index (χ4v) is 3.03. The largest absolute Gasteiger partial charge is 0.423 e. The van der Waals surface area contributed by atoms with E-state index in [0.29, 0.717) is 17.0 Å². The molecule has 0 aliphatic carbocycles. The minimum absolute atomic E-state index is 0.129. The molecular formula is C25H22N4O6. The zero-order chi connectivity index (χ0) is 25.5. The van der Waals surface area contributed by atoms with Crippen molar-refractivity contribution < 1.29 is 24.0 Å². The van der Waals surface area contributed by atoms with Gasteiger partial charge in [0.05, 0.1) is 16.2 Å². The van der Waals surface area contributed by atoms with Crippen molar-refractivity contribution in [3.05, 3.63) is 99.1 Å². The van der Waals surface area contributed by atoms with E-state index in [9.17, 15) is 24.5 Å². The second-order valence-electron chi connectivity index (χ2n) is 7.63. The van der Waals surface area contributed by atoms with Gasteiger partial charge in [-0.2, -0.15) is 5.10 Å². The summed E-state index contributed by atoms with van der Waals surface area (Å²) < 4.78 is 5.27. The number of nitrogens with one attached hydrogen (secondary N) is 2. The predicted octanol–water partition coefficient (Wildman–Crippen LogP) is 3.91. The number of amides is 2. The Kier molecular flexibility index (Phi) is 7.67. The van der Waals surface area contributed by atoms with Crippen molar-refractivity contribution in [2.24, 2.45) is 5.10 Å². The third kappa shape index (κ3) is 6.57. The molecule has 2 amide bonds. The van der Waals surface area contributed by atoms with Gasteiger partial charge in [-0.25, -0.2) is 10.2 Å². The van der Waals surface area contributed by atoms with E-state index in [4.69, 9.17) is 4.74 Å². The van der Waals surface area contributed by atoms with E-state index in [0.717, 1.165) is 11.1 Å². The summed E-state index contributed by atoms with van der Waals surface area (Å²) in [5.41, 5.74) is 5.71. The molecule has 3 aromatic carbocycles. The third-order valence-corrected chi connectivity index (χ3v) is 4.96. The van der Waals surface area contributed by atoms with Crippen molar-refractivity contribution in [2.75, 3.05) is 5.32 Å². The highest BCUT2D eigenvalue weighted by Gasteiger charge is 2.15. The number of nitro groups is 1. The van der Waals surface area contributed by atoms with Crippen molar-refractivity contribution in [3.63, 3.8) is 0 Å². The smallest absolute Gasteiger partial charge is 0.343 e. The molecule has 0 bridgehead atoms. The van der Waals surface area contributed by atoms with Crippen molar-refractivity contribution in [1.29, 1.82) is 0 Å². The number of nitrogens with zero attached hydrogens (tertiary/aromatic N) is 2. The molecule has 0 aromatic heterocycles. The molecule has 0 saturated carbocycles. The van der Waals surface area contributed by atoms with Crippen LogP contribution in [0.3, 0.4) is 0 Å². The summed E-state index contributed by atoms with van der Waals surface area (Å²) in [6.07, 6.45) is 0. The van der Waals surface area contributed by atoms with Gasteiger partial charge in [0.15, 0.2) is 0 Å². The van der Waals surface area contributed by atoms with Gasteiger partial charge >= 0.3 is 17.8 Å². The molecule has 10 heteroatoms. The number of hydrazone groups is 1. The fraction of sp³-hybridized carbons (Fsp3) is 0.120. The van der Waals surface area contributed by atoms with E-state index < -0.39 is 22.7 Å². The van der Waals surface area contributed by atoms with E-state index in [1.54, 1.807) is 25.1 Å². The SMILES string of the molecule is C/C(=N\NC(=O)C(=O)Nc1ccc(C)cc1C)c1ccc(OC(=O)c2ccc([N+](=O)[O-])cc2)cc1. The van der Waals surface area contributed by atoms with Crippen LogP contribution in [0.15, 0.2) is 71.8 Å². The van der Waals surface area contributed by atoms with Gasteiger partial charge in [0.1, 0.15) is 5.75 Å². The summed E-state index contributed by atoms with van der Waals surface area (Å²) in [5.74, 6) is -2.18. The van der Waals surface area contributed by atoms with E-state index in [-0.39, 0.29) is 17.0 Å². The number of carbonyl (C=O) groups excluding carboxylic acids is 3. The Hall–Kier alpha value is -4.86. The number of non-ortho nitro benzene ring substituents is 1. The molecule has 0 atom stereocenters.